The first-order chi connectivity index (χ1) is 11.5. The topological polar surface area (TPSA) is 42.2 Å². The van der Waals surface area contributed by atoms with E-state index in [1.54, 1.807) is 0 Å². The predicted molar refractivity (Wildman–Crippen MR) is 98.5 cm³/mol. The minimum Gasteiger partial charge on any atom is -0.309 e. The molecule has 126 valence electrons. The molecule has 0 bridgehead atoms. The highest BCUT2D eigenvalue weighted by Gasteiger charge is 2.14. The maximum Gasteiger partial charge on any atom is 0.155 e. The molecule has 3 rings (SSSR count). The maximum absolute atomic E-state index is 4.54. The van der Waals surface area contributed by atoms with Crippen molar-refractivity contribution >= 4 is 5.65 Å². The molecule has 4 heteroatoms. The number of nitrogens with zero attached hydrogens (tertiary/aromatic N) is 3. The second-order valence-electron chi connectivity index (χ2n) is 6.80. The summed E-state index contributed by atoms with van der Waals surface area (Å²) < 4.78 is 1.94. The first kappa shape index (κ1) is 16.7. The van der Waals surface area contributed by atoms with Gasteiger partial charge in [-0.25, -0.2) is 9.50 Å². The highest BCUT2D eigenvalue weighted by molar-refractivity contribution is 5.42. The summed E-state index contributed by atoms with van der Waals surface area (Å²) in [6.07, 6.45) is 1.97. The molecule has 1 aromatic carbocycles. The van der Waals surface area contributed by atoms with E-state index in [0.29, 0.717) is 5.92 Å². The first-order valence-electron chi connectivity index (χ1n) is 8.57. The van der Waals surface area contributed by atoms with Crippen LogP contribution in [-0.2, 0) is 0 Å². The summed E-state index contributed by atoms with van der Waals surface area (Å²) in [5.74, 6) is 0.469. The van der Waals surface area contributed by atoms with E-state index in [1.165, 1.54) is 16.7 Å². The number of aryl methyl sites for hydroxylation is 3. The Morgan fingerprint density at radius 3 is 2.50 bits per heavy atom. The van der Waals surface area contributed by atoms with E-state index in [-0.39, 0.29) is 6.04 Å². The zero-order valence-electron chi connectivity index (χ0n) is 15.2. The largest absolute Gasteiger partial charge is 0.309 e. The molecule has 0 aliphatic heterocycles. The van der Waals surface area contributed by atoms with Gasteiger partial charge in [0.05, 0.1) is 5.69 Å². The van der Waals surface area contributed by atoms with Gasteiger partial charge in [0.1, 0.15) is 0 Å². The number of hydrogen-bond donors (Lipinski definition) is 1. The standard InChI is InChI=1S/C20H26N4/c1-13-6-8-18(9-7-13)14(2)11-21-16(4)19-12-22-20-10-15(3)23-24(20)17(19)5/h6-10,12,14,16,21H,11H2,1-5H3/t14-,16-/m0/s1. The zero-order chi connectivity index (χ0) is 17.3. The normalized spacial score (nSPS) is 14.0. The van der Waals surface area contributed by atoms with Crippen molar-refractivity contribution in [2.45, 2.75) is 46.6 Å². The molecular weight excluding hydrogens is 296 g/mol. The molecule has 3 aromatic rings. The van der Waals surface area contributed by atoms with Crippen LogP contribution in [0.5, 0.6) is 0 Å². The Labute approximate surface area is 143 Å². The van der Waals surface area contributed by atoms with Gasteiger partial charge in [0.25, 0.3) is 0 Å². The maximum atomic E-state index is 4.54. The summed E-state index contributed by atoms with van der Waals surface area (Å²) >= 11 is 0. The van der Waals surface area contributed by atoms with Crippen molar-refractivity contribution in [3.05, 3.63) is 64.6 Å². The van der Waals surface area contributed by atoms with E-state index < -0.39 is 0 Å². The van der Waals surface area contributed by atoms with Crippen molar-refractivity contribution in [2.24, 2.45) is 0 Å². The van der Waals surface area contributed by atoms with Gasteiger partial charge in [0.2, 0.25) is 0 Å². The summed E-state index contributed by atoms with van der Waals surface area (Å²) in [7, 11) is 0. The second-order valence-corrected chi connectivity index (χ2v) is 6.80. The van der Waals surface area contributed by atoms with Crippen LogP contribution >= 0.6 is 0 Å². The lowest BCUT2D eigenvalue weighted by Crippen LogP contribution is -2.25. The quantitative estimate of drug-likeness (QED) is 0.768. The minimum absolute atomic E-state index is 0.235. The lowest BCUT2D eigenvalue weighted by Gasteiger charge is -2.20. The fraction of sp³-hybridized carbons (Fsp3) is 0.400. The van der Waals surface area contributed by atoms with Crippen molar-refractivity contribution < 1.29 is 0 Å². The van der Waals surface area contributed by atoms with E-state index in [4.69, 9.17) is 0 Å². The average molecular weight is 322 g/mol. The fourth-order valence-corrected chi connectivity index (χ4v) is 3.08. The van der Waals surface area contributed by atoms with Crippen molar-refractivity contribution in [2.75, 3.05) is 6.54 Å². The lowest BCUT2D eigenvalue weighted by molar-refractivity contribution is 0.531. The lowest BCUT2D eigenvalue weighted by atomic mass is 9.99. The molecule has 0 spiro atoms. The SMILES string of the molecule is Cc1ccc([C@@H](C)CN[C@@H](C)c2cnc3cc(C)nn3c2C)cc1. The van der Waals surface area contributed by atoms with Crippen molar-refractivity contribution in [3.63, 3.8) is 0 Å². The Morgan fingerprint density at radius 1 is 1.08 bits per heavy atom. The van der Waals surface area contributed by atoms with Crippen LogP contribution in [0.2, 0.25) is 0 Å². The Morgan fingerprint density at radius 2 is 1.79 bits per heavy atom. The van der Waals surface area contributed by atoms with Crippen LogP contribution in [0, 0.1) is 20.8 Å². The van der Waals surface area contributed by atoms with E-state index in [0.717, 1.165) is 23.6 Å². The number of fused-ring (bicyclic) bond motifs is 1. The van der Waals surface area contributed by atoms with Gasteiger partial charge in [0.15, 0.2) is 5.65 Å². The Kier molecular flexibility index (Phi) is 4.67. The molecule has 2 atom stereocenters. The Bertz CT molecular complexity index is 833. The number of hydrogen-bond acceptors (Lipinski definition) is 3. The van der Waals surface area contributed by atoms with E-state index >= 15 is 0 Å². The number of nitrogens with one attached hydrogen (secondary N) is 1. The first-order valence-corrected chi connectivity index (χ1v) is 8.57. The monoisotopic (exact) mass is 322 g/mol. The molecule has 0 amide bonds. The van der Waals surface area contributed by atoms with E-state index in [2.05, 4.69) is 67.4 Å². The molecule has 0 radical (unpaired) electrons. The smallest absolute Gasteiger partial charge is 0.155 e. The van der Waals surface area contributed by atoms with Crippen molar-refractivity contribution in [1.29, 1.82) is 0 Å². The third-order valence-corrected chi connectivity index (χ3v) is 4.73. The van der Waals surface area contributed by atoms with Gasteiger partial charge in [-0.1, -0.05) is 36.8 Å². The molecular formula is C20H26N4. The molecule has 4 nitrogen and oxygen atoms in total. The van der Waals surface area contributed by atoms with E-state index in [1.807, 2.05) is 23.7 Å². The highest BCUT2D eigenvalue weighted by Crippen LogP contribution is 2.20. The highest BCUT2D eigenvalue weighted by atomic mass is 15.3. The minimum atomic E-state index is 0.235. The summed E-state index contributed by atoms with van der Waals surface area (Å²) in [6.45, 7) is 11.6. The fourth-order valence-electron chi connectivity index (χ4n) is 3.08. The van der Waals surface area contributed by atoms with Gasteiger partial charge in [-0.05, 0) is 39.2 Å². The van der Waals surface area contributed by atoms with Gasteiger partial charge in [-0.15, -0.1) is 0 Å². The van der Waals surface area contributed by atoms with Gasteiger partial charge in [-0.2, -0.15) is 5.10 Å². The molecule has 2 heterocycles. The molecule has 0 fully saturated rings. The summed E-state index contributed by atoms with van der Waals surface area (Å²) in [5, 5.41) is 8.18. The summed E-state index contributed by atoms with van der Waals surface area (Å²) in [5.41, 5.74) is 6.92. The van der Waals surface area contributed by atoms with Crippen molar-refractivity contribution in [1.82, 2.24) is 19.9 Å². The number of benzene rings is 1. The molecule has 0 aliphatic rings. The molecule has 0 saturated carbocycles. The molecule has 2 aromatic heterocycles. The predicted octanol–water partition coefficient (Wildman–Crippen LogP) is 4.11. The van der Waals surface area contributed by atoms with Crippen LogP contribution in [0.3, 0.4) is 0 Å². The zero-order valence-corrected chi connectivity index (χ0v) is 15.2. The molecule has 1 N–H and O–H groups in total. The van der Waals surface area contributed by atoms with Crippen LogP contribution in [0.25, 0.3) is 5.65 Å². The molecule has 0 saturated heterocycles. The van der Waals surface area contributed by atoms with Crippen LogP contribution in [0.1, 0.15) is 53.9 Å². The average Bonchev–Trinajstić information content (AvgIpc) is 2.95. The van der Waals surface area contributed by atoms with Crippen LogP contribution in [-0.4, -0.2) is 21.1 Å². The van der Waals surface area contributed by atoms with Crippen molar-refractivity contribution in [3.8, 4) is 0 Å². The molecule has 24 heavy (non-hydrogen) atoms. The Hall–Kier alpha value is -2.20. The third kappa shape index (κ3) is 3.34. The van der Waals surface area contributed by atoms with E-state index in [9.17, 15) is 0 Å². The molecule has 0 unspecified atom stereocenters. The molecule has 0 aliphatic carbocycles. The summed E-state index contributed by atoms with van der Waals surface area (Å²) in [6, 6.07) is 11.0. The van der Waals surface area contributed by atoms with Gasteiger partial charge >= 0.3 is 0 Å². The van der Waals surface area contributed by atoms with Crippen LogP contribution in [0.15, 0.2) is 36.5 Å². The number of aromatic nitrogens is 3. The van der Waals surface area contributed by atoms with Crippen LogP contribution < -0.4 is 5.32 Å². The second kappa shape index (κ2) is 6.73. The van der Waals surface area contributed by atoms with Gasteiger partial charge < -0.3 is 5.32 Å². The third-order valence-electron chi connectivity index (χ3n) is 4.73. The van der Waals surface area contributed by atoms with Crippen LogP contribution in [0.4, 0.5) is 0 Å². The van der Waals surface area contributed by atoms with Gasteiger partial charge in [-0.3, -0.25) is 0 Å². The Balaban J connectivity index is 1.71. The summed E-state index contributed by atoms with van der Waals surface area (Å²) in [4.78, 5) is 4.54. The number of rotatable bonds is 5. The van der Waals surface area contributed by atoms with Gasteiger partial charge in [0, 0.05) is 36.1 Å².